The van der Waals surface area contributed by atoms with E-state index in [1.807, 2.05) is 4.57 Å². The van der Waals surface area contributed by atoms with Gasteiger partial charge >= 0.3 is 0 Å². The van der Waals surface area contributed by atoms with Crippen LogP contribution >= 0.6 is 23.1 Å². The third kappa shape index (κ3) is 4.96. The standard InChI is InChI=1S/C21H26N4O3S2/c1-6-25-20(14-9-18(13(2)3)29-11-14)23-24-21(25)30-12-19(26)22-16-8-7-15(27-4)10-17(16)28-5/h7-11,13H,6,12H2,1-5H3,(H,22,26). The van der Waals surface area contributed by atoms with Crippen LogP contribution < -0.4 is 14.8 Å². The molecule has 9 heteroatoms. The van der Waals surface area contributed by atoms with Gasteiger partial charge in [0.1, 0.15) is 11.5 Å². The van der Waals surface area contributed by atoms with Gasteiger partial charge in [0, 0.05) is 28.4 Å². The van der Waals surface area contributed by atoms with Gasteiger partial charge in [-0.2, -0.15) is 0 Å². The first-order chi connectivity index (χ1) is 14.5. The summed E-state index contributed by atoms with van der Waals surface area (Å²) in [5.41, 5.74) is 1.67. The normalized spacial score (nSPS) is 11.0. The number of methoxy groups -OCH3 is 2. The Morgan fingerprint density at radius 3 is 2.67 bits per heavy atom. The summed E-state index contributed by atoms with van der Waals surface area (Å²) in [4.78, 5) is 13.8. The van der Waals surface area contributed by atoms with Gasteiger partial charge in [-0.05, 0) is 31.0 Å². The summed E-state index contributed by atoms with van der Waals surface area (Å²) in [7, 11) is 3.14. The molecule has 0 aliphatic carbocycles. The zero-order valence-corrected chi connectivity index (χ0v) is 19.4. The Morgan fingerprint density at radius 2 is 2.03 bits per heavy atom. The molecule has 0 unspecified atom stereocenters. The van der Waals surface area contributed by atoms with E-state index in [0.29, 0.717) is 23.1 Å². The topological polar surface area (TPSA) is 78.3 Å². The molecule has 0 saturated carbocycles. The minimum Gasteiger partial charge on any atom is -0.497 e. The minimum absolute atomic E-state index is 0.145. The van der Waals surface area contributed by atoms with E-state index in [4.69, 9.17) is 9.47 Å². The van der Waals surface area contributed by atoms with Crippen molar-refractivity contribution >= 4 is 34.7 Å². The number of amides is 1. The van der Waals surface area contributed by atoms with Crippen LogP contribution in [0.4, 0.5) is 5.69 Å². The highest BCUT2D eigenvalue weighted by atomic mass is 32.2. The second-order valence-corrected chi connectivity index (χ2v) is 8.73. The Labute approximate surface area is 184 Å². The summed E-state index contributed by atoms with van der Waals surface area (Å²) in [6, 6.07) is 7.44. The number of nitrogens with one attached hydrogen (secondary N) is 1. The van der Waals surface area contributed by atoms with E-state index in [9.17, 15) is 4.79 Å². The van der Waals surface area contributed by atoms with Gasteiger partial charge in [0.05, 0.1) is 25.7 Å². The summed E-state index contributed by atoms with van der Waals surface area (Å²) in [5, 5.41) is 14.4. The first-order valence-electron chi connectivity index (χ1n) is 9.63. The van der Waals surface area contributed by atoms with Crippen LogP contribution in [0.25, 0.3) is 11.4 Å². The molecule has 3 rings (SSSR count). The van der Waals surface area contributed by atoms with Gasteiger partial charge in [0.25, 0.3) is 0 Å². The number of thioether (sulfide) groups is 1. The smallest absolute Gasteiger partial charge is 0.234 e. The number of ether oxygens (including phenoxy) is 2. The Kier molecular flexibility index (Phi) is 7.38. The molecule has 160 valence electrons. The van der Waals surface area contributed by atoms with Crippen LogP contribution in [0.3, 0.4) is 0 Å². The van der Waals surface area contributed by atoms with Gasteiger partial charge in [-0.1, -0.05) is 25.6 Å². The molecule has 2 aromatic heterocycles. The molecular formula is C21H26N4O3S2. The Bertz CT molecular complexity index is 1010. The second kappa shape index (κ2) is 9.99. The lowest BCUT2D eigenvalue weighted by atomic mass is 10.1. The van der Waals surface area contributed by atoms with Crippen molar-refractivity contribution in [2.45, 2.75) is 38.4 Å². The molecule has 0 bridgehead atoms. The molecule has 0 fully saturated rings. The van der Waals surface area contributed by atoms with E-state index in [0.717, 1.165) is 23.1 Å². The highest BCUT2D eigenvalue weighted by molar-refractivity contribution is 7.99. The Balaban J connectivity index is 1.68. The van der Waals surface area contributed by atoms with E-state index in [1.54, 1.807) is 43.8 Å². The Morgan fingerprint density at radius 1 is 1.23 bits per heavy atom. The molecule has 2 heterocycles. The lowest BCUT2D eigenvalue weighted by molar-refractivity contribution is -0.113. The number of carbonyl (C=O) groups is 1. The number of thiophene rings is 1. The number of hydrogen-bond donors (Lipinski definition) is 1. The fourth-order valence-electron chi connectivity index (χ4n) is 2.89. The summed E-state index contributed by atoms with van der Waals surface area (Å²) < 4.78 is 12.6. The average molecular weight is 447 g/mol. The minimum atomic E-state index is -0.145. The number of carbonyl (C=O) groups excluding carboxylic acids is 1. The first-order valence-corrected chi connectivity index (χ1v) is 11.5. The third-order valence-electron chi connectivity index (χ3n) is 4.50. The zero-order chi connectivity index (χ0) is 21.7. The monoisotopic (exact) mass is 446 g/mol. The van der Waals surface area contributed by atoms with Crippen molar-refractivity contribution in [3.63, 3.8) is 0 Å². The quantitative estimate of drug-likeness (QED) is 0.471. The van der Waals surface area contributed by atoms with Crippen LogP contribution in [0.1, 0.15) is 31.6 Å². The maximum atomic E-state index is 12.5. The highest BCUT2D eigenvalue weighted by Gasteiger charge is 2.17. The molecule has 0 spiro atoms. The van der Waals surface area contributed by atoms with Gasteiger partial charge in [-0.3, -0.25) is 4.79 Å². The number of aromatic nitrogens is 3. The van der Waals surface area contributed by atoms with E-state index < -0.39 is 0 Å². The number of rotatable bonds is 9. The van der Waals surface area contributed by atoms with Crippen molar-refractivity contribution in [2.24, 2.45) is 0 Å². The lowest BCUT2D eigenvalue weighted by Gasteiger charge is -2.11. The summed E-state index contributed by atoms with van der Waals surface area (Å²) in [6.07, 6.45) is 0. The van der Waals surface area contributed by atoms with E-state index in [-0.39, 0.29) is 11.7 Å². The molecule has 30 heavy (non-hydrogen) atoms. The zero-order valence-electron chi connectivity index (χ0n) is 17.8. The van der Waals surface area contributed by atoms with Crippen LogP contribution in [0.5, 0.6) is 11.5 Å². The number of benzene rings is 1. The molecule has 3 aromatic rings. The first kappa shape index (κ1) is 22.2. The van der Waals surface area contributed by atoms with Crippen LogP contribution in [0.2, 0.25) is 0 Å². The van der Waals surface area contributed by atoms with Crippen LogP contribution in [-0.2, 0) is 11.3 Å². The Hall–Kier alpha value is -2.52. The van der Waals surface area contributed by atoms with Crippen LogP contribution in [0, 0.1) is 0 Å². The average Bonchev–Trinajstić information content (AvgIpc) is 3.39. The molecule has 1 N–H and O–H groups in total. The van der Waals surface area contributed by atoms with Gasteiger partial charge in [0.2, 0.25) is 5.91 Å². The maximum Gasteiger partial charge on any atom is 0.234 e. The van der Waals surface area contributed by atoms with Gasteiger partial charge < -0.3 is 19.4 Å². The van der Waals surface area contributed by atoms with Crippen molar-refractivity contribution < 1.29 is 14.3 Å². The molecule has 1 amide bonds. The number of anilines is 1. The van der Waals surface area contributed by atoms with Crippen molar-refractivity contribution in [1.29, 1.82) is 0 Å². The van der Waals surface area contributed by atoms with Crippen LogP contribution in [0.15, 0.2) is 34.8 Å². The van der Waals surface area contributed by atoms with Crippen molar-refractivity contribution in [1.82, 2.24) is 14.8 Å². The van der Waals surface area contributed by atoms with Gasteiger partial charge in [0.15, 0.2) is 11.0 Å². The van der Waals surface area contributed by atoms with E-state index >= 15 is 0 Å². The molecule has 0 aliphatic rings. The third-order valence-corrected chi connectivity index (χ3v) is 6.70. The molecule has 1 aromatic carbocycles. The van der Waals surface area contributed by atoms with Gasteiger partial charge in [-0.25, -0.2) is 0 Å². The predicted molar refractivity (Wildman–Crippen MR) is 122 cm³/mol. The summed E-state index contributed by atoms with van der Waals surface area (Å²) in [5.74, 6) is 2.60. The highest BCUT2D eigenvalue weighted by Crippen LogP contribution is 2.32. The van der Waals surface area contributed by atoms with E-state index in [2.05, 4.69) is 47.7 Å². The molecular weight excluding hydrogens is 420 g/mol. The fraction of sp³-hybridized carbons (Fsp3) is 0.381. The van der Waals surface area contributed by atoms with E-state index in [1.165, 1.54) is 16.6 Å². The van der Waals surface area contributed by atoms with Crippen molar-refractivity contribution in [3.8, 4) is 22.9 Å². The summed E-state index contributed by atoms with van der Waals surface area (Å²) in [6.45, 7) is 7.14. The summed E-state index contributed by atoms with van der Waals surface area (Å²) >= 11 is 3.10. The predicted octanol–water partition coefficient (Wildman–Crippen LogP) is 4.90. The molecule has 0 radical (unpaired) electrons. The van der Waals surface area contributed by atoms with Crippen molar-refractivity contribution in [3.05, 3.63) is 34.5 Å². The van der Waals surface area contributed by atoms with Gasteiger partial charge in [-0.15, -0.1) is 21.5 Å². The number of hydrogen-bond acceptors (Lipinski definition) is 7. The molecule has 7 nitrogen and oxygen atoms in total. The number of nitrogens with zero attached hydrogens (tertiary/aromatic N) is 3. The maximum absolute atomic E-state index is 12.5. The molecule has 0 aliphatic heterocycles. The lowest BCUT2D eigenvalue weighted by Crippen LogP contribution is -2.15. The van der Waals surface area contributed by atoms with Crippen molar-refractivity contribution in [2.75, 3.05) is 25.3 Å². The molecule has 0 atom stereocenters. The second-order valence-electron chi connectivity index (χ2n) is 6.85. The largest absolute Gasteiger partial charge is 0.497 e. The fourth-order valence-corrected chi connectivity index (χ4v) is 4.59. The molecule has 0 saturated heterocycles. The SMILES string of the molecule is CCn1c(SCC(=O)Nc2ccc(OC)cc2OC)nnc1-c1csc(C(C)C)c1. The van der Waals surface area contributed by atoms with Crippen LogP contribution in [-0.4, -0.2) is 40.6 Å².